The van der Waals surface area contributed by atoms with E-state index in [1.54, 1.807) is 39.0 Å². The molecular formula is C19H21Cl2NO5P+. The van der Waals surface area contributed by atoms with Gasteiger partial charge < -0.3 is 4.74 Å². The zero-order chi connectivity index (χ0) is 20.5. The average molecular weight is 445 g/mol. The van der Waals surface area contributed by atoms with Gasteiger partial charge in [0.1, 0.15) is 13.2 Å². The number of aromatic nitrogens is 1. The number of ether oxygens (including phenoxy) is 1. The summed E-state index contributed by atoms with van der Waals surface area (Å²) in [4.78, 5) is 28.5. The molecule has 1 aliphatic heterocycles. The van der Waals surface area contributed by atoms with Gasteiger partial charge in [0.05, 0.1) is 39.2 Å². The number of benzene rings is 1. The number of nitrogens with zero attached hydrogens (tertiary/aromatic N) is 1. The maximum absolute atomic E-state index is 12.8. The van der Waals surface area contributed by atoms with Gasteiger partial charge >= 0.3 is 13.9 Å². The highest BCUT2D eigenvalue weighted by molar-refractivity contribution is 7.69. The second kappa shape index (κ2) is 8.62. The first-order valence-electron chi connectivity index (χ1n) is 8.84. The number of rotatable bonds is 4. The Morgan fingerprint density at radius 2 is 1.93 bits per heavy atom. The first kappa shape index (κ1) is 21.4. The Bertz CT molecular complexity index is 916. The molecule has 1 saturated heterocycles. The quantitative estimate of drug-likeness (QED) is 0.545. The van der Waals surface area contributed by atoms with Gasteiger partial charge in [-0.15, -0.1) is 0 Å². The third-order valence-electron chi connectivity index (χ3n) is 4.33. The maximum atomic E-state index is 12.8. The van der Waals surface area contributed by atoms with E-state index < -0.39 is 13.9 Å². The molecule has 28 heavy (non-hydrogen) atoms. The molecule has 3 rings (SSSR count). The van der Waals surface area contributed by atoms with E-state index in [-0.39, 0.29) is 17.2 Å². The molecule has 0 spiro atoms. The summed E-state index contributed by atoms with van der Waals surface area (Å²) in [5, 5.41) is 0.900. The first-order chi connectivity index (χ1) is 13.3. The number of carbonyl (C=O) groups is 1. The molecule has 9 heteroatoms. The molecule has 6 nitrogen and oxygen atoms in total. The van der Waals surface area contributed by atoms with Crippen LogP contribution in [-0.4, -0.2) is 35.7 Å². The van der Waals surface area contributed by atoms with Crippen LogP contribution in [0.3, 0.4) is 0 Å². The van der Waals surface area contributed by atoms with E-state index in [0.717, 1.165) is 0 Å². The Labute approximate surface area is 174 Å². The molecule has 1 aliphatic rings. The Morgan fingerprint density at radius 3 is 2.57 bits per heavy atom. The molecule has 1 fully saturated rings. The molecule has 0 saturated carbocycles. The monoisotopic (exact) mass is 444 g/mol. The zero-order valence-electron chi connectivity index (χ0n) is 15.8. The number of pyridine rings is 1. The number of esters is 1. The zero-order valence-corrected chi connectivity index (χ0v) is 18.2. The van der Waals surface area contributed by atoms with Crippen LogP contribution in [0.1, 0.15) is 35.1 Å². The second-order valence-corrected chi connectivity index (χ2v) is 9.03. The molecule has 0 bridgehead atoms. The summed E-state index contributed by atoms with van der Waals surface area (Å²) in [5.41, 5.74) is 2.02. The minimum Gasteiger partial charge on any atom is -0.462 e. The topological polar surface area (TPSA) is 77.9 Å². The number of carbonyl (C=O) groups excluding carboxylic acids is 1. The molecule has 150 valence electrons. The van der Waals surface area contributed by atoms with Gasteiger partial charge in [-0.25, -0.2) is 4.79 Å². The molecule has 1 aromatic heterocycles. The van der Waals surface area contributed by atoms with Gasteiger partial charge in [0, 0.05) is 12.0 Å². The smallest absolute Gasteiger partial charge is 0.448 e. The third kappa shape index (κ3) is 3.90. The van der Waals surface area contributed by atoms with E-state index in [9.17, 15) is 9.69 Å². The van der Waals surface area contributed by atoms with Gasteiger partial charge in [-0.1, -0.05) is 35.3 Å². The molecule has 2 heterocycles. The lowest BCUT2D eigenvalue weighted by atomic mass is 9.97. The molecule has 0 unspecified atom stereocenters. The summed E-state index contributed by atoms with van der Waals surface area (Å²) in [6.07, 6.45) is 0.665. The van der Waals surface area contributed by atoms with Gasteiger partial charge in [0.15, 0.2) is 0 Å². The number of hydrogen-bond donors (Lipinski definition) is 1. The van der Waals surface area contributed by atoms with E-state index >= 15 is 0 Å². The van der Waals surface area contributed by atoms with Crippen molar-refractivity contribution in [2.75, 3.05) is 19.8 Å². The lowest BCUT2D eigenvalue weighted by Gasteiger charge is -2.25. The number of halogens is 2. The molecule has 0 radical (unpaired) electrons. The van der Waals surface area contributed by atoms with Crippen molar-refractivity contribution in [2.24, 2.45) is 0 Å². The van der Waals surface area contributed by atoms with Crippen molar-refractivity contribution in [1.29, 1.82) is 0 Å². The molecule has 1 N–H and O–H groups in total. The van der Waals surface area contributed by atoms with Crippen molar-refractivity contribution < 1.29 is 23.5 Å². The summed E-state index contributed by atoms with van der Waals surface area (Å²) >= 11 is 12.7. The van der Waals surface area contributed by atoms with Crippen molar-refractivity contribution in [2.45, 2.75) is 27.2 Å². The minimum atomic E-state index is -3.47. The third-order valence-corrected chi connectivity index (χ3v) is 7.33. The van der Waals surface area contributed by atoms with E-state index in [0.29, 0.717) is 52.5 Å². The van der Waals surface area contributed by atoms with Gasteiger partial charge in [0.25, 0.3) is 0 Å². The number of aryl methyl sites for hydroxylation is 2. The summed E-state index contributed by atoms with van der Waals surface area (Å²) in [6, 6.07) is 5.10. The van der Waals surface area contributed by atoms with Crippen LogP contribution < -0.4 is 5.30 Å². The van der Waals surface area contributed by atoms with E-state index in [1.807, 2.05) is 0 Å². The molecule has 0 amide bonds. The lowest BCUT2D eigenvalue weighted by molar-refractivity contribution is 0.0526. The van der Waals surface area contributed by atoms with Crippen molar-refractivity contribution in [3.63, 3.8) is 0 Å². The number of hydrogen-bond acceptors (Lipinski definition) is 6. The van der Waals surface area contributed by atoms with E-state index in [4.69, 9.17) is 37.0 Å². The Kier molecular flexibility index (Phi) is 6.60. The molecule has 2 aromatic rings. The van der Waals surface area contributed by atoms with Gasteiger partial charge in [-0.05, 0) is 26.8 Å². The summed E-state index contributed by atoms with van der Waals surface area (Å²) in [6.45, 7) is 6.03. The Balaban J connectivity index is 2.40. The molecule has 0 aliphatic carbocycles. The van der Waals surface area contributed by atoms with Crippen molar-refractivity contribution in [3.05, 3.63) is 45.2 Å². The van der Waals surface area contributed by atoms with Crippen molar-refractivity contribution >= 4 is 42.4 Å². The highest BCUT2D eigenvalue weighted by Gasteiger charge is 2.52. The summed E-state index contributed by atoms with van der Waals surface area (Å²) in [5.74, 6) is -0.566. The Morgan fingerprint density at radius 1 is 1.25 bits per heavy atom. The fourth-order valence-corrected chi connectivity index (χ4v) is 5.66. The van der Waals surface area contributed by atoms with Crippen LogP contribution in [0, 0.1) is 13.8 Å². The van der Waals surface area contributed by atoms with Crippen LogP contribution >= 0.6 is 31.1 Å². The highest BCUT2D eigenvalue weighted by atomic mass is 35.5. The van der Waals surface area contributed by atoms with Gasteiger partial charge in [-0.2, -0.15) is 13.9 Å². The average Bonchev–Trinajstić information content (AvgIpc) is 2.64. The van der Waals surface area contributed by atoms with Crippen LogP contribution in [0.4, 0.5) is 0 Å². The summed E-state index contributed by atoms with van der Waals surface area (Å²) < 4.78 is 16.6. The Hall–Kier alpha value is -1.27. The molecule has 1 aromatic carbocycles. The largest absolute Gasteiger partial charge is 0.462 e. The fraction of sp³-hybridized carbons (Fsp3) is 0.368. The van der Waals surface area contributed by atoms with Crippen LogP contribution in [0.15, 0.2) is 18.2 Å². The lowest BCUT2D eigenvalue weighted by Crippen LogP contribution is -2.29. The fourth-order valence-electron chi connectivity index (χ4n) is 3.20. The van der Waals surface area contributed by atoms with Crippen LogP contribution in [0.5, 0.6) is 0 Å². The van der Waals surface area contributed by atoms with Crippen molar-refractivity contribution in [1.82, 2.24) is 4.98 Å². The summed E-state index contributed by atoms with van der Waals surface area (Å²) in [7, 11) is -3.47. The van der Waals surface area contributed by atoms with Crippen molar-refractivity contribution in [3.8, 4) is 11.1 Å². The predicted molar refractivity (Wildman–Crippen MR) is 110 cm³/mol. The van der Waals surface area contributed by atoms with Gasteiger partial charge in [0.2, 0.25) is 5.30 Å². The van der Waals surface area contributed by atoms with Crippen LogP contribution in [-0.2, 0) is 13.8 Å². The van der Waals surface area contributed by atoms with E-state index in [2.05, 4.69) is 4.98 Å². The van der Waals surface area contributed by atoms with E-state index in [1.165, 1.54) is 0 Å². The highest BCUT2D eigenvalue weighted by Crippen LogP contribution is 2.60. The predicted octanol–water partition coefficient (Wildman–Crippen LogP) is 4.67. The second-order valence-electron chi connectivity index (χ2n) is 6.24. The first-order valence-corrected chi connectivity index (χ1v) is 11.2. The van der Waals surface area contributed by atoms with Crippen LogP contribution in [0.25, 0.3) is 11.1 Å². The maximum Gasteiger partial charge on any atom is 0.448 e. The minimum absolute atomic E-state index is 0.191. The molecular weight excluding hydrogens is 424 g/mol. The van der Waals surface area contributed by atoms with Gasteiger partial charge in [-0.3, -0.25) is 4.98 Å². The molecule has 0 atom stereocenters. The SMILES string of the molecule is CCOC(=O)c1c(C)nc(C)c([P+]2(O)OCCCO2)c1-c1cccc(Cl)c1Cl. The normalized spacial score (nSPS) is 16.1. The van der Waals surface area contributed by atoms with Crippen LogP contribution in [0.2, 0.25) is 10.0 Å². The standard InChI is InChI=1S/C19H21Cl2NO5P/c1-4-25-19(23)15-11(2)22-12(3)18(28(24)26-9-6-10-27-28)16(15)13-7-5-8-14(20)17(13)21/h5,7-8,24H,4,6,9-10H2,1-3H3/q+1.